The summed E-state index contributed by atoms with van der Waals surface area (Å²) in [6.07, 6.45) is 2.86. The summed E-state index contributed by atoms with van der Waals surface area (Å²) in [5.41, 5.74) is -1.25. The lowest BCUT2D eigenvalue weighted by Gasteiger charge is -2.36. The summed E-state index contributed by atoms with van der Waals surface area (Å²) in [4.78, 5) is 66.2. The Morgan fingerprint density at radius 3 is 2.37 bits per heavy atom. The van der Waals surface area contributed by atoms with Crippen molar-refractivity contribution in [3.8, 4) is 0 Å². The van der Waals surface area contributed by atoms with Gasteiger partial charge in [0.25, 0.3) is 0 Å². The Kier molecular flexibility index (Phi) is 10.2. The summed E-state index contributed by atoms with van der Waals surface area (Å²) < 4.78 is 0. The summed E-state index contributed by atoms with van der Waals surface area (Å²) >= 11 is 0. The highest BCUT2D eigenvalue weighted by Crippen LogP contribution is 2.22. The van der Waals surface area contributed by atoms with E-state index < -0.39 is 41.6 Å². The van der Waals surface area contributed by atoms with Crippen LogP contribution < -0.4 is 16.0 Å². The van der Waals surface area contributed by atoms with Crippen LogP contribution in [0.15, 0.2) is 0 Å². The van der Waals surface area contributed by atoms with Crippen LogP contribution in [0.3, 0.4) is 0 Å². The Hall–Kier alpha value is -2.49. The highest BCUT2D eigenvalue weighted by molar-refractivity contribution is 5.99. The third-order valence-corrected chi connectivity index (χ3v) is 7.18. The molecule has 0 saturated carbocycles. The molecule has 198 valence electrons. The molecule has 2 rings (SSSR count). The highest BCUT2D eigenvalue weighted by atomic mass is 16.3. The van der Waals surface area contributed by atoms with Crippen molar-refractivity contribution in [2.24, 2.45) is 5.92 Å². The van der Waals surface area contributed by atoms with Crippen LogP contribution in [0.5, 0.6) is 0 Å². The number of Topliss-reactive ketones (excluding diaryl/α,β-unsaturated/α-hetero) is 1. The fraction of sp³-hybridized carbons (Fsp3) is 0.800. The molecular weight excluding hydrogens is 452 g/mol. The standard InChI is InChI=1S/C25H42N4O6/c1-6-25(5)24(35)27-20(15(2)3)23(34)29-14-10-12-18(29)22(33)26-17(21(32)28-25)11-8-7-9-13-19(31)16(4)30/h15-18,20,30H,6-14H2,1-5H3,(H,26,33)(H,27,35)(H,28,32)/t16-,17+,18-,20+,25+/m1/s1. The molecule has 2 saturated heterocycles. The molecule has 0 aromatic rings. The van der Waals surface area contributed by atoms with Gasteiger partial charge in [0, 0.05) is 13.0 Å². The molecule has 2 aliphatic heterocycles. The van der Waals surface area contributed by atoms with E-state index in [9.17, 15) is 29.1 Å². The van der Waals surface area contributed by atoms with E-state index in [1.807, 2.05) is 13.8 Å². The number of hydrogen-bond donors (Lipinski definition) is 4. The fourth-order valence-electron chi connectivity index (χ4n) is 4.53. The number of unbranched alkanes of at least 4 members (excludes halogenated alkanes) is 2. The van der Waals surface area contributed by atoms with Crippen molar-refractivity contribution in [3.05, 3.63) is 0 Å². The molecule has 0 spiro atoms. The van der Waals surface area contributed by atoms with Gasteiger partial charge in [-0.3, -0.25) is 24.0 Å². The maximum Gasteiger partial charge on any atom is 0.246 e. The average molecular weight is 495 g/mol. The lowest BCUT2D eigenvalue weighted by atomic mass is 9.93. The molecule has 4 N–H and O–H groups in total. The first kappa shape index (κ1) is 28.7. The predicted octanol–water partition coefficient (Wildman–Crippen LogP) is 0.802. The molecule has 0 unspecified atom stereocenters. The van der Waals surface area contributed by atoms with Gasteiger partial charge in [0.15, 0.2) is 5.78 Å². The van der Waals surface area contributed by atoms with E-state index in [0.717, 1.165) is 0 Å². The van der Waals surface area contributed by atoms with Crippen molar-refractivity contribution in [2.45, 2.75) is 116 Å². The SMILES string of the molecule is CC[C@]1(C)NC(=O)[C@H](CCCCCC(=O)[C@@H](C)O)NC(=O)[C@H]2CCCN2C(=O)[C@H](C(C)C)NC1=O. The van der Waals surface area contributed by atoms with Gasteiger partial charge in [-0.1, -0.05) is 33.6 Å². The largest absolute Gasteiger partial charge is 0.386 e. The first-order chi connectivity index (χ1) is 16.4. The van der Waals surface area contributed by atoms with Crippen molar-refractivity contribution in [1.82, 2.24) is 20.9 Å². The number of amides is 4. The minimum absolute atomic E-state index is 0.191. The smallest absolute Gasteiger partial charge is 0.246 e. The average Bonchev–Trinajstić information content (AvgIpc) is 3.29. The molecule has 10 nitrogen and oxygen atoms in total. The molecule has 2 fully saturated rings. The third kappa shape index (κ3) is 7.25. The molecule has 5 atom stereocenters. The number of aliphatic hydroxyl groups is 1. The Labute approximate surface area is 207 Å². The number of carbonyl (C=O) groups excluding carboxylic acids is 5. The molecular formula is C25H42N4O6. The Balaban J connectivity index is 2.23. The summed E-state index contributed by atoms with van der Waals surface area (Å²) in [5.74, 6) is -1.95. The Morgan fingerprint density at radius 1 is 1.09 bits per heavy atom. The van der Waals surface area contributed by atoms with E-state index in [0.29, 0.717) is 51.5 Å². The van der Waals surface area contributed by atoms with Crippen LogP contribution in [0.25, 0.3) is 0 Å². The number of fused-ring (bicyclic) bond motifs is 1. The Morgan fingerprint density at radius 2 is 1.77 bits per heavy atom. The number of aliphatic hydroxyl groups excluding tert-OH is 1. The molecule has 35 heavy (non-hydrogen) atoms. The van der Waals surface area contributed by atoms with Crippen LogP contribution in [-0.2, 0) is 24.0 Å². The number of nitrogens with zero attached hydrogens (tertiary/aromatic N) is 1. The van der Waals surface area contributed by atoms with Gasteiger partial charge in [-0.05, 0) is 51.9 Å². The topological polar surface area (TPSA) is 145 Å². The lowest BCUT2D eigenvalue weighted by molar-refractivity contribution is -0.145. The number of hydrogen-bond acceptors (Lipinski definition) is 6. The van der Waals surface area contributed by atoms with E-state index in [1.54, 1.807) is 13.8 Å². The quantitative estimate of drug-likeness (QED) is 0.349. The second-order valence-corrected chi connectivity index (χ2v) is 10.4. The third-order valence-electron chi connectivity index (χ3n) is 7.18. The van der Waals surface area contributed by atoms with Gasteiger partial charge < -0.3 is 26.0 Å². The van der Waals surface area contributed by atoms with Crippen LogP contribution in [0.4, 0.5) is 0 Å². The molecule has 0 bridgehead atoms. The predicted molar refractivity (Wildman–Crippen MR) is 130 cm³/mol. The molecule has 2 heterocycles. The van der Waals surface area contributed by atoms with Crippen LogP contribution in [0, 0.1) is 5.92 Å². The number of nitrogens with one attached hydrogen (secondary N) is 3. The van der Waals surface area contributed by atoms with Gasteiger partial charge in [-0.15, -0.1) is 0 Å². The zero-order valence-corrected chi connectivity index (χ0v) is 21.7. The molecule has 0 aromatic carbocycles. The van der Waals surface area contributed by atoms with Crippen LogP contribution in [-0.4, -0.2) is 75.7 Å². The van der Waals surface area contributed by atoms with Crippen molar-refractivity contribution >= 4 is 29.4 Å². The van der Waals surface area contributed by atoms with Crippen LogP contribution >= 0.6 is 0 Å². The first-order valence-corrected chi connectivity index (χ1v) is 12.9. The number of carbonyl (C=O) groups is 5. The van der Waals surface area contributed by atoms with Gasteiger partial charge >= 0.3 is 0 Å². The normalized spacial score (nSPS) is 29.0. The monoisotopic (exact) mass is 494 g/mol. The molecule has 0 radical (unpaired) electrons. The zero-order chi connectivity index (χ0) is 26.3. The van der Waals surface area contributed by atoms with Gasteiger partial charge in [-0.2, -0.15) is 0 Å². The molecule has 0 aliphatic carbocycles. The van der Waals surface area contributed by atoms with Crippen molar-refractivity contribution in [3.63, 3.8) is 0 Å². The van der Waals surface area contributed by atoms with Crippen molar-refractivity contribution in [1.29, 1.82) is 0 Å². The maximum atomic E-state index is 13.4. The van der Waals surface area contributed by atoms with Gasteiger partial charge in [-0.25, -0.2) is 0 Å². The molecule has 4 amide bonds. The van der Waals surface area contributed by atoms with Crippen LogP contribution in [0.1, 0.15) is 86.0 Å². The summed E-state index contributed by atoms with van der Waals surface area (Å²) in [6, 6.07) is -2.35. The van der Waals surface area contributed by atoms with Crippen LogP contribution in [0.2, 0.25) is 0 Å². The molecule has 2 aliphatic rings. The molecule has 10 heteroatoms. The van der Waals surface area contributed by atoms with E-state index in [1.165, 1.54) is 11.8 Å². The minimum Gasteiger partial charge on any atom is -0.386 e. The van der Waals surface area contributed by atoms with Gasteiger partial charge in [0.05, 0.1) is 0 Å². The van der Waals surface area contributed by atoms with Gasteiger partial charge in [0.1, 0.15) is 29.8 Å². The van der Waals surface area contributed by atoms with Crippen molar-refractivity contribution in [2.75, 3.05) is 6.54 Å². The molecule has 0 aromatic heterocycles. The van der Waals surface area contributed by atoms with E-state index in [-0.39, 0.29) is 29.9 Å². The summed E-state index contributed by atoms with van der Waals surface area (Å²) in [7, 11) is 0. The minimum atomic E-state index is -1.25. The summed E-state index contributed by atoms with van der Waals surface area (Å²) in [5, 5.41) is 17.8. The number of ketones is 1. The van der Waals surface area contributed by atoms with Crippen molar-refractivity contribution < 1.29 is 29.1 Å². The first-order valence-electron chi connectivity index (χ1n) is 12.9. The van der Waals surface area contributed by atoms with Gasteiger partial charge in [0.2, 0.25) is 23.6 Å². The van der Waals surface area contributed by atoms with E-state index >= 15 is 0 Å². The van der Waals surface area contributed by atoms with E-state index in [4.69, 9.17) is 0 Å². The fourth-order valence-corrected chi connectivity index (χ4v) is 4.53. The number of rotatable bonds is 9. The van der Waals surface area contributed by atoms with E-state index in [2.05, 4.69) is 16.0 Å². The highest BCUT2D eigenvalue weighted by Gasteiger charge is 2.43. The Bertz CT molecular complexity index is 814. The second kappa shape index (κ2) is 12.5. The maximum absolute atomic E-state index is 13.4. The second-order valence-electron chi connectivity index (χ2n) is 10.4. The summed E-state index contributed by atoms with van der Waals surface area (Å²) in [6.45, 7) is 8.94. The zero-order valence-electron chi connectivity index (χ0n) is 21.7. The lowest BCUT2D eigenvalue weighted by Crippen LogP contribution is -2.65.